The molecule has 2 aliphatic carbocycles. The van der Waals surface area contributed by atoms with Crippen molar-refractivity contribution in [2.75, 3.05) is 16.8 Å². The Labute approximate surface area is 281 Å². The van der Waals surface area contributed by atoms with E-state index in [9.17, 15) is 14.7 Å². The van der Waals surface area contributed by atoms with Crippen LogP contribution >= 0.6 is 11.3 Å². The molecule has 11 nitrogen and oxygen atoms in total. The van der Waals surface area contributed by atoms with Gasteiger partial charge in [0.05, 0.1) is 28.1 Å². The number of ether oxygens (including phenoxy) is 1. The first-order chi connectivity index (χ1) is 23.3. The number of amides is 1. The minimum absolute atomic E-state index is 0.0569. The van der Waals surface area contributed by atoms with Crippen molar-refractivity contribution < 1.29 is 19.4 Å². The van der Waals surface area contributed by atoms with E-state index in [0.29, 0.717) is 59.5 Å². The van der Waals surface area contributed by atoms with E-state index in [1.165, 1.54) is 30.6 Å². The second-order valence-corrected chi connectivity index (χ2v) is 15.0. The molecule has 5 aliphatic rings. The zero-order chi connectivity index (χ0) is 32.6. The topological polar surface area (TPSA) is 135 Å². The normalized spacial score (nSPS) is 24.2. The quantitative estimate of drug-likeness (QED) is 0.212. The molecule has 2 saturated heterocycles. The smallest absolute Gasteiger partial charge is 0.355 e. The van der Waals surface area contributed by atoms with E-state index < -0.39 is 5.97 Å². The predicted octanol–water partition coefficient (Wildman–Crippen LogP) is 6.12. The van der Waals surface area contributed by atoms with Crippen LogP contribution in [0, 0.1) is 18.3 Å². The zero-order valence-corrected chi connectivity index (χ0v) is 27.4. The molecule has 10 rings (SSSR count). The van der Waals surface area contributed by atoms with Crippen molar-refractivity contribution in [3.63, 3.8) is 0 Å². The van der Waals surface area contributed by atoms with Gasteiger partial charge in [0, 0.05) is 30.8 Å². The van der Waals surface area contributed by atoms with Crippen LogP contribution in [0.25, 0.3) is 21.5 Å². The fourth-order valence-electron chi connectivity index (χ4n) is 8.81. The molecule has 48 heavy (non-hydrogen) atoms. The molecule has 244 valence electrons. The third-order valence-electron chi connectivity index (χ3n) is 10.8. The summed E-state index contributed by atoms with van der Waals surface area (Å²) in [7, 11) is 0. The summed E-state index contributed by atoms with van der Waals surface area (Å²) in [5, 5.41) is 22.9. The van der Waals surface area contributed by atoms with Gasteiger partial charge in [-0.15, -0.1) is 5.10 Å². The van der Waals surface area contributed by atoms with E-state index in [-0.39, 0.29) is 17.0 Å². The van der Waals surface area contributed by atoms with Crippen molar-refractivity contribution in [3.05, 3.63) is 82.7 Å². The Morgan fingerprint density at radius 1 is 1.04 bits per heavy atom. The number of pyridine rings is 1. The molecule has 0 radical (unpaired) electrons. The summed E-state index contributed by atoms with van der Waals surface area (Å²) in [5.74, 6) is -0.0725. The van der Waals surface area contributed by atoms with Gasteiger partial charge in [0.2, 0.25) is 0 Å². The van der Waals surface area contributed by atoms with Crippen molar-refractivity contribution >= 4 is 44.4 Å². The van der Waals surface area contributed by atoms with Gasteiger partial charge in [0.1, 0.15) is 11.5 Å². The number of carboxylic acid groups (broad SMARTS) is 1. The number of fused-ring (bicyclic) bond motifs is 2. The van der Waals surface area contributed by atoms with E-state index in [4.69, 9.17) is 4.74 Å². The van der Waals surface area contributed by atoms with Crippen LogP contribution in [-0.2, 0) is 24.2 Å². The lowest BCUT2D eigenvalue weighted by atomic mass is 9.58. The molecule has 3 aromatic heterocycles. The van der Waals surface area contributed by atoms with E-state index in [2.05, 4.69) is 25.6 Å². The summed E-state index contributed by atoms with van der Waals surface area (Å²) < 4.78 is 9.19. The average molecular weight is 662 g/mol. The average Bonchev–Trinajstić information content (AvgIpc) is 3.65. The number of hydrogen-bond donors (Lipinski definition) is 2. The Hall–Kier alpha value is -4.68. The van der Waals surface area contributed by atoms with E-state index in [0.717, 1.165) is 52.3 Å². The number of nitrogens with one attached hydrogen (secondary N) is 1. The number of aromatic carboxylic acids is 1. The number of hydrogen-bond acceptors (Lipinski definition) is 9. The molecule has 12 heteroatoms. The Balaban J connectivity index is 0.970. The monoisotopic (exact) mass is 661 g/mol. The van der Waals surface area contributed by atoms with Crippen molar-refractivity contribution in [1.29, 1.82) is 0 Å². The van der Waals surface area contributed by atoms with Gasteiger partial charge in [-0.3, -0.25) is 10.1 Å². The van der Waals surface area contributed by atoms with Gasteiger partial charge in [0.15, 0.2) is 10.8 Å². The Morgan fingerprint density at radius 2 is 1.88 bits per heavy atom. The first-order valence-corrected chi connectivity index (χ1v) is 17.5. The van der Waals surface area contributed by atoms with Crippen molar-refractivity contribution in [2.45, 2.75) is 70.7 Å². The molecule has 2 unspecified atom stereocenters. The third-order valence-corrected chi connectivity index (χ3v) is 11.7. The lowest BCUT2D eigenvalue weighted by Crippen LogP contribution is -2.53. The molecule has 2 N–H and O–H groups in total. The number of nitrogens with zero attached hydrogens (tertiary/aromatic N) is 6. The van der Waals surface area contributed by atoms with Crippen molar-refractivity contribution in [1.82, 2.24) is 25.0 Å². The molecule has 4 bridgehead atoms. The van der Waals surface area contributed by atoms with Crippen LogP contribution in [0.2, 0.25) is 0 Å². The largest absolute Gasteiger partial charge is 0.476 e. The maximum Gasteiger partial charge on any atom is 0.355 e. The number of carbonyl (C=O) groups is 2. The Morgan fingerprint density at radius 3 is 2.67 bits per heavy atom. The minimum Gasteiger partial charge on any atom is -0.476 e. The highest BCUT2D eigenvalue weighted by atomic mass is 32.1. The number of thiazole rings is 1. The second-order valence-electron chi connectivity index (χ2n) is 13.9. The van der Waals surface area contributed by atoms with Gasteiger partial charge in [0.25, 0.3) is 5.91 Å². The zero-order valence-electron chi connectivity index (χ0n) is 26.6. The van der Waals surface area contributed by atoms with Crippen LogP contribution < -0.4 is 10.2 Å². The number of benzene rings is 2. The SMILES string of the molecule is Cc1c(-c2ccc(N3CCc4cccc(C(=O)Nc5nc6ccccc6s5)c4C3)nc2C(=O)O)nnn1CC12CC3CC(C1)OC(C3)C2. The summed E-state index contributed by atoms with van der Waals surface area (Å²) in [6.45, 7) is 3.81. The summed E-state index contributed by atoms with van der Waals surface area (Å²) in [5.41, 5.74) is 5.37. The third kappa shape index (κ3) is 5.05. The van der Waals surface area contributed by atoms with Crippen molar-refractivity contribution in [3.8, 4) is 11.3 Å². The molecule has 1 amide bonds. The van der Waals surface area contributed by atoms with Gasteiger partial charge < -0.3 is 14.7 Å². The van der Waals surface area contributed by atoms with E-state index >= 15 is 0 Å². The van der Waals surface area contributed by atoms with Crippen molar-refractivity contribution in [2.24, 2.45) is 11.3 Å². The fraction of sp³-hybridized carbons (Fsp3) is 0.389. The highest BCUT2D eigenvalue weighted by Gasteiger charge is 2.52. The number of carbonyl (C=O) groups excluding carboxylic acids is 1. The number of aromatic nitrogens is 5. The molecule has 2 atom stereocenters. The molecule has 2 saturated carbocycles. The first kappa shape index (κ1) is 29.5. The molecule has 2 aromatic carbocycles. The fourth-order valence-corrected chi connectivity index (χ4v) is 9.67. The number of carboxylic acids is 1. The van der Waals surface area contributed by atoms with Crippen LogP contribution in [0.4, 0.5) is 10.9 Å². The van der Waals surface area contributed by atoms with Gasteiger partial charge >= 0.3 is 5.97 Å². The molecule has 3 aliphatic heterocycles. The van der Waals surface area contributed by atoms with Gasteiger partial charge in [-0.25, -0.2) is 19.4 Å². The lowest BCUT2D eigenvalue weighted by Gasteiger charge is -2.56. The molecule has 4 fully saturated rings. The van der Waals surface area contributed by atoms with E-state index in [1.807, 2.05) is 65.0 Å². The highest BCUT2D eigenvalue weighted by Crippen LogP contribution is 2.55. The second kappa shape index (κ2) is 11.2. The maximum absolute atomic E-state index is 13.5. The summed E-state index contributed by atoms with van der Waals surface area (Å²) in [6.07, 6.45) is 7.03. The van der Waals surface area contributed by atoms with Crippen LogP contribution in [0.1, 0.15) is 69.8 Å². The lowest BCUT2D eigenvalue weighted by molar-refractivity contribution is -0.194. The Kier molecular flexibility index (Phi) is 6.87. The summed E-state index contributed by atoms with van der Waals surface area (Å²) >= 11 is 1.44. The first-order valence-electron chi connectivity index (χ1n) is 16.6. The molecular formula is C36H35N7O4S. The van der Waals surface area contributed by atoms with Gasteiger partial charge in [-0.2, -0.15) is 0 Å². The van der Waals surface area contributed by atoms with Crippen LogP contribution in [0.5, 0.6) is 0 Å². The predicted molar refractivity (Wildman–Crippen MR) is 181 cm³/mol. The summed E-state index contributed by atoms with van der Waals surface area (Å²) in [4.78, 5) is 37.4. The number of rotatable bonds is 7. The minimum atomic E-state index is -1.12. The molecule has 6 heterocycles. The standard InChI is InChI=1S/C36H35N7O4S/c1-20-31(40-41-43(20)19-36-15-21-13-23(16-36)47-24(14-21)17-36)26-9-10-30(38-32(26)34(45)46)42-12-11-22-5-4-6-25(27(22)18-42)33(44)39-35-37-28-7-2-3-8-29(28)48-35/h2-10,21,23-24H,11-19H2,1H3,(H,45,46)(H,37,39,44). The van der Waals surface area contributed by atoms with E-state index in [1.54, 1.807) is 6.07 Å². The van der Waals surface area contributed by atoms with Crippen LogP contribution in [0.15, 0.2) is 54.6 Å². The number of para-hydroxylation sites is 1. The van der Waals surface area contributed by atoms with Crippen LogP contribution in [-0.4, -0.2) is 60.7 Å². The molecule has 5 aromatic rings. The molecular weight excluding hydrogens is 627 g/mol. The number of anilines is 2. The van der Waals surface area contributed by atoms with Crippen LogP contribution in [0.3, 0.4) is 0 Å². The van der Waals surface area contributed by atoms with Gasteiger partial charge in [-0.05, 0) is 98.2 Å². The van der Waals surface area contributed by atoms with Gasteiger partial charge in [-0.1, -0.05) is 40.8 Å². The maximum atomic E-state index is 13.5. The molecule has 0 spiro atoms. The summed E-state index contributed by atoms with van der Waals surface area (Å²) in [6, 6.07) is 17.2. The Bertz CT molecular complexity index is 2040. The highest BCUT2D eigenvalue weighted by molar-refractivity contribution is 7.22.